The lowest BCUT2D eigenvalue weighted by Crippen LogP contribution is -2.13. The van der Waals surface area contributed by atoms with Crippen LogP contribution in [0.4, 0.5) is 0 Å². The Balaban J connectivity index is 1.51. The predicted octanol–water partition coefficient (Wildman–Crippen LogP) is 6.08. The lowest BCUT2D eigenvalue weighted by Gasteiger charge is -2.18. The van der Waals surface area contributed by atoms with Crippen LogP contribution in [0.5, 0.6) is 5.75 Å². The fourth-order valence-electron chi connectivity index (χ4n) is 3.95. The van der Waals surface area contributed by atoms with Gasteiger partial charge in [-0.3, -0.25) is 0 Å². The minimum atomic E-state index is -0.638. The van der Waals surface area contributed by atoms with Gasteiger partial charge in [-0.15, -0.1) is 0 Å². The molecular formula is C29H22O6. The summed E-state index contributed by atoms with van der Waals surface area (Å²) in [6.45, 7) is 6.29. The van der Waals surface area contributed by atoms with E-state index in [2.05, 4.69) is 20.8 Å². The Labute approximate surface area is 200 Å². The van der Waals surface area contributed by atoms with Crippen LogP contribution in [0.25, 0.3) is 33.1 Å². The molecule has 3 aromatic carbocycles. The van der Waals surface area contributed by atoms with Crippen molar-refractivity contribution >= 4 is 27.9 Å². The zero-order chi connectivity index (χ0) is 24.7. The monoisotopic (exact) mass is 466 g/mol. The molecule has 0 saturated carbocycles. The molecule has 0 aliphatic rings. The Kier molecular flexibility index (Phi) is 5.36. The Morgan fingerprint density at radius 2 is 1.51 bits per heavy atom. The van der Waals surface area contributed by atoms with Gasteiger partial charge in [0, 0.05) is 28.5 Å². The largest absolute Gasteiger partial charge is 0.423 e. The maximum atomic E-state index is 12.7. The molecule has 174 valence electrons. The number of hydrogen-bond acceptors (Lipinski definition) is 6. The molecule has 6 heteroatoms. The zero-order valence-electron chi connectivity index (χ0n) is 19.5. The average molecular weight is 466 g/mol. The number of carbonyl (C=O) groups excluding carboxylic acids is 1. The molecule has 2 heterocycles. The Hall–Kier alpha value is -4.45. The molecule has 0 unspecified atom stereocenters. The van der Waals surface area contributed by atoms with Gasteiger partial charge in [-0.25, -0.2) is 14.4 Å². The normalized spacial score (nSPS) is 11.6. The second kappa shape index (κ2) is 8.40. The molecule has 0 aliphatic carbocycles. The maximum Gasteiger partial charge on any atom is 0.344 e. The van der Waals surface area contributed by atoms with Crippen LogP contribution in [0.3, 0.4) is 0 Å². The summed E-state index contributed by atoms with van der Waals surface area (Å²) in [4.78, 5) is 37.7. The summed E-state index contributed by atoms with van der Waals surface area (Å²) < 4.78 is 16.3. The van der Waals surface area contributed by atoms with Gasteiger partial charge in [-0.2, -0.15) is 0 Å². The Morgan fingerprint density at radius 1 is 0.771 bits per heavy atom. The predicted molar refractivity (Wildman–Crippen MR) is 134 cm³/mol. The van der Waals surface area contributed by atoms with Gasteiger partial charge in [0.25, 0.3) is 0 Å². The lowest BCUT2D eigenvalue weighted by molar-refractivity contribution is 0.0735. The van der Waals surface area contributed by atoms with Gasteiger partial charge in [0.15, 0.2) is 0 Å². The first kappa shape index (κ1) is 22.3. The molecule has 5 aromatic rings. The molecule has 0 fully saturated rings. The fraction of sp³-hybridized carbons (Fsp3) is 0.138. The highest BCUT2D eigenvalue weighted by molar-refractivity contribution is 5.96. The first-order valence-electron chi connectivity index (χ1n) is 11.1. The number of benzene rings is 3. The molecule has 0 atom stereocenters. The van der Waals surface area contributed by atoms with Gasteiger partial charge in [0.2, 0.25) is 0 Å². The first-order chi connectivity index (χ1) is 16.7. The zero-order valence-corrected chi connectivity index (χ0v) is 19.5. The van der Waals surface area contributed by atoms with Crippen molar-refractivity contribution in [3.05, 3.63) is 111 Å². The minimum Gasteiger partial charge on any atom is -0.423 e. The van der Waals surface area contributed by atoms with E-state index in [9.17, 15) is 14.4 Å². The van der Waals surface area contributed by atoms with E-state index in [1.54, 1.807) is 42.5 Å². The number of carbonyl (C=O) groups is 1. The molecule has 0 aliphatic heterocycles. The molecule has 0 N–H and O–H groups in total. The first-order valence-corrected chi connectivity index (χ1v) is 11.1. The summed E-state index contributed by atoms with van der Waals surface area (Å²) in [7, 11) is 0. The number of ether oxygens (including phenoxy) is 1. The van der Waals surface area contributed by atoms with E-state index >= 15 is 0 Å². The van der Waals surface area contributed by atoms with Crippen molar-refractivity contribution in [1.82, 2.24) is 0 Å². The summed E-state index contributed by atoms with van der Waals surface area (Å²) in [5.74, 6) is -0.313. The van der Waals surface area contributed by atoms with Crippen molar-refractivity contribution in [2.45, 2.75) is 26.2 Å². The smallest absolute Gasteiger partial charge is 0.344 e. The highest BCUT2D eigenvalue weighted by Gasteiger charge is 2.17. The highest BCUT2D eigenvalue weighted by atomic mass is 16.5. The van der Waals surface area contributed by atoms with Crippen molar-refractivity contribution < 1.29 is 18.4 Å². The molecule has 0 radical (unpaired) electrons. The Morgan fingerprint density at radius 3 is 2.26 bits per heavy atom. The number of para-hydroxylation sites is 1. The third kappa shape index (κ3) is 4.38. The molecule has 0 spiro atoms. The highest BCUT2D eigenvalue weighted by Crippen LogP contribution is 2.30. The molecule has 6 nitrogen and oxygen atoms in total. The van der Waals surface area contributed by atoms with Crippen LogP contribution in [0.15, 0.2) is 97.3 Å². The van der Waals surface area contributed by atoms with Gasteiger partial charge in [0.1, 0.15) is 16.9 Å². The van der Waals surface area contributed by atoms with Crippen molar-refractivity contribution in [3.8, 4) is 16.9 Å². The molecule has 5 rings (SSSR count). The van der Waals surface area contributed by atoms with Crippen molar-refractivity contribution in [1.29, 1.82) is 0 Å². The lowest BCUT2D eigenvalue weighted by atomic mass is 9.87. The van der Waals surface area contributed by atoms with Crippen LogP contribution in [0, 0.1) is 0 Å². The van der Waals surface area contributed by atoms with Crippen molar-refractivity contribution in [2.24, 2.45) is 0 Å². The number of fused-ring (bicyclic) bond motifs is 2. The fourth-order valence-corrected chi connectivity index (χ4v) is 3.95. The second-order valence-electron chi connectivity index (χ2n) is 9.34. The van der Waals surface area contributed by atoms with E-state index < -0.39 is 17.2 Å². The van der Waals surface area contributed by atoms with E-state index in [0.29, 0.717) is 22.1 Å². The SMILES string of the molecule is CC(C)(C)c1ccc(C(=O)Oc2ccc3c(-c4cc5ccccc5oc4=O)cc(=O)oc3c2)cc1. The number of rotatable bonds is 3. The summed E-state index contributed by atoms with van der Waals surface area (Å²) in [6.07, 6.45) is 0. The van der Waals surface area contributed by atoms with E-state index in [0.717, 1.165) is 10.9 Å². The summed E-state index contributed by atoms with van der Waals surface area (Å²) in [6, 6.07) is 22.0. The van der Waals surface area contributed by atoms with Crippen LogP contribution < -0.4 is 16.0 Å². The van der Waals surface area contributed by atoms with Crippen molar-refractivity contribution in [3.63, 3.8) is 0 Å². The summed E-state index contributed by atoms with van der Waals surface area (Å²) in [5, 5.41) is 1.24. The van der Waals surface area contributed by atoms with Gasteiger partial charge in [-0.05, 0) is 47.4 Å². The van der Waals surface area contributed by atoms with Crippen LogP contribution in [0.1, 0.15) is 36.7 Å². The van der Waals surface area contributed by atoms with Gasteiger partial charge in [0.05, 0.1) is 11.1 Å². The van der Waals surface area contributed by atoms with Crippen LogP contribution in [-0.2, 0) is 5.41 Å². The number of hydrogen-bond donors (Lipinski definition) is 0. The van der Waals surface area contributed by atoms with E-state index in [1.165, 1.54) is 12.1 Å². The molecule has 0 bridgehead atoms. The standard InChI is InChI=1S/C29H22O6/c1-29(2,3)19-10-8-17(9-11-19)27(31)33-20-12-13-21-22(16-26(30)34-25(21)15-20)23-14-18-6-4-5-7-24(18)35-28(23)32/h4-16H,1-3H3. The van der Waals surface area contributed by atoms with Crippen LogP contribution >= 0.6 is 0 Å². The average Bonchev–Trinajstić information content (AvgIpc) is 2.82. The van der Waals surface area contributed by atoms with Gasteiger partial charge < -0.3 is 13.6 Å². The third-order valence-corrected chi connectivity index (χ3v) is 5.84. The summed E-state index contributed by atoms with van der Waals surface area (Å²) >= 11 is 0. The second-order valence-corrected chi connectivity index (χ2v) is 9.34. The van der Waals surface area contributed by atoms with Crippen LogP contribution in [-0.4, -0.2) is 5.97 Å². The van der Waals surface area contributed by atoms with E-state index in [-0.39, 0.29) is 22.3 Å². The third-order valence-electron chi connectivity index (χ3n) is 5.84. The summed E-state index contributed by atoms with van der Waals surface area (Å²) in [5.41, 5.74) is 1.54. The molecule has 2 aromatic heterocycles. The van der Waals surface area contributed by atoms with E-state index in [1.807, 2.05) is 24.3 Å². The Bertz CT molecular complexity index is 1700. The van der Waals surface area contributed by atoms with E-state index in [4.69, 9.17) is 13.6 Å². The quantitative estimate of drug-likeness (QED) is 0.182. The van der Waals surface area contributed by atoms with Crippen molar-refractivity contribution in [2.75, 3.05) is 0 Å². The number of esters is 1. The topological polar surface area (TPSA) is 86.7 Å². The molecular weight excluding hydrogens is 444 g/mol. The molecule has 0 amide bonds. The molecule has 35 heavy (non-hydrogen) atoms. The molecule has 0 saturated heterocycles. The maximum absolute atomic E-state index is 12.7. The minimum absolute atomic E-state index is 0.0295. The van der Waals surface area contributed by atoms with Crippen LogP contribution in [0.2, 0.25) is 0 Å². The van der Waals surface area contributed by atoms with Gasteiger partial charge >= 0.3 is 17.2 Å². The van der Waals surface area contributed by atoms with Gasteiger partial charge in [-0.1, -0.05) is 51.1 Å².